The molecule has 0 amide bonds. The van der Waals surface area contributed by atoms with E-state index in [1.807, 2.05) is 0 Å². The van der Waals surface area contributed by atoms with Gasteiger partial charge in [0, 0.05) is 6.42 Å². The quantitative estimate of drug-likeness (QED) is 0.443. The third-order valence-corrected chi connectivity index (χ3v) is 1.42. The topological polar surface area (TPSA) is 107 Å². The van der Waals surface area contributed by atoms with Crippen molar-refractivity contribution in [3.63, 3.8) is 0 Å². The van der Waals surface area contributed by atoms with Crippen LogP contribution in [0.15, 0.2) is 0 Å². The Morgan fingerprint density at radius 2 is 1.53 bits per heavy atom. The number of hydrogen-bond donors (Lipinski definition) is 4. The van der Waals surface area contributed by atoms with Gasteiger partial charge in [-0.05, 0) is 19.5 Å². The molecule has 4 N–H and O–H groups in total. The summed E-state index contributed by atoms with van der Waals surface area (Å²) in [6.07, 6.45) is -2.13. The number of carboxylic acid groups (broad SMARTS) is 2. The minimum atomic E-state index is -1.56. The van der Waals surface area contributed by atoms with E-state index in [0.717, 1.165) is 13.1 Å². The van der Waals surface area contributed by atoms with Crippen molar-refractivity contribution in [2.75, 3.05) is 13.1 Å². The Labute approximate surface area is 146 Å². The molecule has 0 bridgehead atoms. The van der Waals surface area contributed by atoms with Crippen molar-refractivity contribution in [2.24, 2.45) is 0 Å². The molecule has 0 aliphatic carbocycles. The van der Waals surface area contributed by atoms with Crippen LogP contribution in [0.3, 0.4) is 0 Å². The Morgan fingerprint density at radius 1 is 1.12 bits per heavy atom. The number of rotatable bonds is 6. The van der Waals surface area contributed by atoms with E-state index >= 15 is 0 Å². The van der Waals surface area contributed by atoms with E-state index in [2.05, 4.69) is 19.2 Å². The van der Waals surface area contributed by atoms with Crippen molar-refractivity contribution in [3.8, 4) is 0 Å². The van der Waals surface area contributed by atoms with Crippen LogP contribution in [0.2, 0.25) is 0 Å². The molecule has 0 aromatic heterocycles. The molecule has 1 atom stereocenters. The van der Waals surface area contributed by atoms with Crippen molar-refractivity contribution in [2.45, 2.75) is 32.8 Å². The van der Waals surface area contributed by atoms with Gasteiger partial charge in [0.2, 0.25) is 0 Å². The molecule has 0 radical (unpaired) electrons. The van der Waals surface area contributed by atoms with Crippen LogP contribution in [-0.2, 0) is 9.59 Å². The number of carboxylic acids is 2. The van der Waals surface area contributed by atoms with Crippen molar-refractivity contribution >= 4 is 71.1 Å². The van der Waals surface area contributed by atoms with Crippen molar-refractivity contribution < 1.29 is 24.9 Å². The summed E-state index contributed by atoms with van der Waals surface area (Å²) in [6.45, 7) is 6.39. The van der Waals surface area contributed by atoms with E-state index in [9.17, 15) is 9.59 Å². The van der Waals surface area contributed by atoms with Gasteiger partial charge >= 0.3 is 71.1 Å². The first kappa shape index (κ1) is 26.4. The van der Waals surface area contributed by atoms with E-state index < -0.39 is 18.0 Å². The first-order chi connectivity index (χ1) is 6.95. The number of nitrogens with one attached hydrogen (secondary N) is 1. The number of aliphatic hydroxyl groups is 1. The average Bonchev–Trinajstić information content (AvgIpc) is 2.16. The molecule has 94 valence electrons. The van der Waals surface area contributed by atoms with E-state index in [4.69, 9.17) is 15.3 Å². The Balaban J connectivity index is -0.000000105. The van der Waals surface area contributed by atoms with E-state index in [1.54, 1.807) is 0 Å². The molecule has 0 saturated carbocycles. The van der Waals surface area contributed by atoms with E-state index in [0.29, 0.717) is 0 Å². The van der Waals surface area contributed by atoms with Gasteiger partial charge in [-0.25, -0.2) is 4.79 Å². The van der Waals surface area contributed by atoms with Crippen LogP contribution in [0.1, 0.15) is 26.7 Å². The molecule has 8 heteroatoms. The molecule has 1 unspecified atom stereocenters. The second-order valence-corrected chi connectivity index (χ2v) is 2.74. The summed E-state index contributed by atoms with van der Waals surface area (Å²) in [6, 6.07) is 0. The maximum atomic E-state index is 9.87. The van der Waals surface area contributed by atoms with Gasteiger partial charge in [-0.1, -0.05) is 13.8 Å². The molecule has 0 spiro atoms. The van der Waals surface area contributed by atoms with Gasteiger partial charge in [-0.15, -0.1) is 0 Å². The van der Waals surface area contributed by atoms with Gasteiger partial charge in [0.25, 0.3) is 0 Å². The van der Waals surface area contributed by atoms with Crippen LogP contribution in [0, 0.1) is 0 Å². The monoisotopic (exact) mass is 269 g/mol. The summed E-state index contributed by atoms with van der Waals surface area (Å²) in [5, 5.41) is 27.7. The normalized spacial score (nSPS) is 9.82. The molecule has 0 heterocycles. The molecule has 0 saturated heterocycles. The predicted molar refractivity (Wildman–Crippen MR) is 69.0 cm³/mol. The Morgan fingerprint density at radius 3 is 1.71 bits per heavy atom. The molecule has 6 nitrogen and oxygen atoms in total. The SMILES string of the molecule is CCNCC.O=C(O)CCC(O)C(=O)O.[NaH].[NaH]. The summed E-state index contributed by atoms with van der Waals surface area (Å²) < 4.78 is 0. The second-order valence-electron chi connectivity index (χ2n) is 2.74. The van der Waals surface area contributed by atoms with Gasteiger partial charge in [0.05, 0.1) is 0 Å². The summed E-state index contributed by atoms with van der Waals surface area (Å²) in [5.74, 6) is -2.50. The zero-order valence-electron chi connectivity index (χ0n) is 9.06. The fourth-order valence-corrected chi connectivity index (χ4v) is 0.634. The fraction of sp³-hybridized carbons (Fsp3) is 0.778. The van der Waals surface area contributed by atoms with E-state index in [-0.39, 0.29) is 72.0 Å². The van der Waals surface area contributed by atoms with Crippen LogP contribution in [0.25, 0.3) is 0 Å². The average molecular weight is 269 g/mol. The van der Waals surface area contributed by atoms with E-state index in [1.165, 1.54) is 0 Å². The Hall–Kier alpha value is 0.860. The molecule has 0 aromatic carbocycles. The summed E-state index contributed by atoms with van der Waals surface area (Å²) >= 11 is 0. The summed E-state index contributed by atoms with van der Waals surface area (Å²) in [4.78, 5) is 19.7. The molecule has 17 heavy (non-hydrogen) atoms. The molecule has 0 rings (SSSR count). The van der Waals surface area contributed by atoms with Gasteiger partial charge in [-0.3, -0.25) is 4.79 Å². The Bertz CT molecular complexity index is 190. The van der Waals surface area contributed by atoms with Crippen LogP contribution >= 0.6 is 0 Å². The van der Waals surface area contributed by atoms with Crippen molar-refractivity contribution in [1.82, 2.24) is 5.32 Å². The predicted octanol–water partition coefficient (Wildman–Crippen LogP) is -1.38. The van der Waals surface area contributed by atoms with Crippen LogP contribution in [0.5, 0.6) is 0 Å². The number of hydrogen-bond acceptors (Lipinski definition) is 4. The molecular weight excluding hydrogens is 248 g/mol. The summed E-state index contributed by atoms with van der Waals surface area (Å²) in [7, 11) is 0. The molecule has 0 aliphatic rings. The number of aliphatic hydroxyl groups excluding tert-OH is 1. The first-order valence-electron chi connectivity index (χ1n) is 4.79. The third-order valence-electron chi connectivity index (χ3n) is 1.42. The molecule has 0 aliphatic heterocycles. The molecular formula is C9H21NNa2O5. The Kier molecular flexibility index (Phi) is 29.9. The summed E-state index contributed by atoms with van der Waals surface area (Å²) in [5.41, 5.74) is 0. The van der Waals surface area contributed by atoms with Crippen LogP contribution in [-0.4, -0.2) is 106 Å². The maximum absolute atomic E-state index is 9.87. The second kappa shape index (κ2) is 19.2. The zero-order chi connectivity index (χ0) is 12.3. The number of aliphatic carboxylic acids is 2. The third kappa shape index (κ3) is 26.5. The van der Waals surface area contributed by atoms with Gasteiger partial charge in [-0.2, -0.15) is 0 Å². The van der Waals surface area contributed by atoms with Crippen molar-refractivity contribution in [1.29, 1.82) is 0 Å². The van der Waals surface area contributed by atoms with Gasteiger partial charge in [0.1, 0.15) is 0 Å². The molecule has 0 fully saturated rings. The van der Waals surface area contributed by atoms with Gasteiger partial charge in [0.15, 0.2) is 6.10 Å². The first-order valence-corrected chi connectivity index (χ1v) is 4.79. The fourth-order valence-electron chi connectivity index (χ4n) is 0.634. The number of carbonyl (C=O) groups is 2. The zero-order valence-corrected chi connectivity index (χ0v) is 9.06. The molecule has 0 aromatic rings. The van der Waals surface area contributed by atoms with Gasteiger partial charge < -0.3 is 20.6 Å². The van der Waals surface area contributed by atoms with Crippen molar-refractivity contribution in [3.05, 3.63) is 0 Å². The van der Waals surface area contributed by atoms with Crippen LogP contribution < -0.4 is 5.32 Å². The minimum absolute atomic E-state index is 0. The van der Waals surface area contributed by atoms with Crippen LogP contribution in [0.4, 0.5) is 0 Å². The standard InChI is InChI=1S/C5H8O5.C4H11N.2Na.2H/c6-3(5(9)10)1-2-4(7)8;1-3-5-4-2;;;;/h3,6H,1-2H2,(H,7,8)(H,9,10);5H,3-4H2,1-2H3;;;;.